The Balaban J connectivity index is 1.69. The molecule has 0 aliphatic rings. The van der Waals surface area contributed by atoms with Crippen molar-refractivity contribution >= 4 is 63.5 Å². The highest BCUT2D eigenvalue weighted by Gasteiger charge is 2.14. The molecule has 3 rings (SSSR count). The summed E-state index contributed by atoms with van der Waals surface area (Å²) in [6, 6.07) is 17.5. The van der Waals surface area contributed by atoms with Crippen LogP contribution in [-0.2, 0) is 11.4 Å². The van der Waals surface area contributed by atoms with E-state index in [4.69, 9.17) is 37.4 Å². The molecule has 1 N–H and O–H groups in total. The fourth-order valence-corrected chi connectivity index (χ4v) is 4.39. The lowest BCUT2D eigenvalue weighted by Crippen LogP contribution is -2.13. The molecule has 3 aromatic rings. The highest BCUT2D eigenvalue weighted by Crippen LogP contribution is 2.34. The molecule has 0 aliphatic heterocycles. The van der Waals surface area contributed by atoms with Crippen LogP contribution in [0.5, 0.6) is 17.2 Å². The molecule has 0 unspecified atom stereocenters. The van der Waals surface area contributed by atoms with Crippen LogP contribution in [-0.4, -0.2) is 19.6 Å². The Morgan fingerprint density at radius 3 is 2.49 bits per heavy atom. The summed E-state index contributed by atoms with van der Waals surface area (Å²) in [4.78, 5) is 12.7. The van der Waals surface area contributed by atoms with E-state index < -0.39 is 5.91 Å². The maximum atomic E-state index is 12.7. The molecule has 0 aliphatic carbocycles. The zero-order chi connectivity index (χ0) is 25.4. The van der Waals surface area contributed by atoms with E-state index in [1.54, 1.807) is 55.6 Å². The number of nitriles is 1. The van der Waals surface area contributed by atoms with Gasteiger partial charge in [-0.3, -0.25) is 4.79 Å². The van der Waals surface area contributed by atoms with Crippen LogP contribution < -0.4 is 19.5 Å². The quantitative estimate of drug-likeness (QED) is 0.156. The lowest BCUT2D eigenvalue weighted by atomic mass is 10.1. The Morgan fingerprint density at radius 1 is 1.11 bits per heavy atom. The third-order valence-electron chi connectivity index (χ3n) is 4.73. The summed E-state index contributed by atoms with van der Waals surface area (Å²) in [7, 11) is 1.56. The fourth-order valence-electron chi connectivity index (χ4n) is 3.08. The van der Waals surface area contributed by atoms with Crippen molar-refractivity contribution in [3.05, 3.63) is 84.9 Å². The van der Waals surface area contributed by atoms with Crippen LogP contribution in [0.15, 0.2) is 60.2 Å². The average molecular weight is 623 g/mol. The van der Waals surface area contributed by atoms with Gasteiger partial charge >= 0.3 is 0 Å². The predicted molar refractivity (Wildman–Crippen MR) is 146 cm³/mol. The van der Waals surface area contributed by atoms with E-state index in [0.29, 0.717) is 45.2 Å². The van der Waals surface area contributed by atoms with E-state index in [1.165, 1.54) is 6.08 Å². The van der Waals surface area contributed by atoms with Gasteiger partial charge in [0.1, 0.15) is 24.0 Å². The molecule has 0 aromatic heterocycles. The second kappa shape index (κ2) is 12.7. The summed E-state index contributed by atoms with van der Waals surface area (Å²) in [6.45, 7) is 2.59. The topological polar surface area (TPSA) is 80.6 Å². The molecule has 35 heavy (non-hydrogen) atoms. The van der Waals surface area contributed by atoms with E-state index in [2.05, 4.69) is 27.9 Å². The number of rotatable bonds is 9. The minimum absolute atomic E-state index is 0.0499. The Hall–Kier alpha value is -2.93. The summed E-state index contributed by atoms with van der Waals surface area (Å²) < 4.78 is 17.6. The van der Waals surface area contributed by atoms with Gasteiger partial charge in [0.15, 0.2) is 11.5 Å². The summed E-state index contributed by atoms with van der Waals surface area (Å²) in [5.41, 5.74) is 1.92. The molecule has 3 aromatic carbocycles. The second-order valence-electron chi connectivity index (χ2n) is 7.14. The first kappa shape index (κ1) is 26.7. The number of anilines is 1. The maximum absolute atomic E-state index is 12.7. The van der Waals surface area contributed by atoms with Gasteiger partial charge in [-0.2, -0.15) is 5.26 Å². The van der Waals surface area contributed by atoms with Crippen LogP contribution >= 0.6 is 45.8 Å². The van der Waals surface area contributed by atoms with Gasteiger partial charge in [0.25, 0.3) is 5.91 Å². The first-order valence-corrected chi connectivity index (χ1v) is 12.3. The predicted octanol–water partition coefficient (Wildman–Crippen LogP) is 7.13. The third-order valence-corrected chi connectivity index (χ3v) is 6.12. The zero-order valence-corrected chi connectivity index (χ0v) is 22.6. The standard InChI is InChI=1S/C26H21Cl2IN2O4/c1-3-34-24-12-16(11-23(29)25(24)33-2)10-18(14-30)26(32)31-20-6-8-21(9-7-20)35-15-17-4-5-19(27)13-22(17)28/h4-13H,3,15H2,1-2H3,(H,31,32)/b18-10+. The average Bonchev–Trinajstić information content (AvgIpc) is 2.83. The van der Waals surface area contributed by atoms with E-state index in [1.807, 2.05) is 19.1 Å². The molecule has 1 amide bonds. The van der Waals surface area contributed by atoms with Gasteiger partial charge in [0.2, 0.25) is 0 Å². The molecule has 0 heterocycles. The summed E-state index contributed by atoms with van der Waals surface area (Å²) in [6.07, 6.45) is 1.51. The van der Waals surface area contributed by atoms with Gasteiger partial charge in [-0.1, -0.05) is 29.3 Å². The SMILES string of the molecule is CCOc1cc(/C=C(\C#N)C(=O)Nc2ccc(OCc3ccc(Cl)cc3Cl)cc2)cc(I)c1OC. The molecule has 180 valence electrons. The molecule has 9 heteroatoms. The molecule has 0 saturated heterocycles. The van der Waals surface area contributed by atoms with Crippen LogP contribution in [0.2, 0.25) is 10.0 Å². The lowest BCUT2D eigenvalue weighted by Gasteiger charge is -2.12. The number of nitrogens with one attached hydrogen (secondary N) is 1. The van der Waals surface area contributed by atoms with Gasteiger partial charge in [0.05, 0.1) is 17.3 Å². The van der Waals surface area contributed by atoms with Crippen LogP contribution in [0.1, 0.15) is 18.1 Å². The largest absolute Gasteiger partial charge is 0.492 e. The first-order chi connectivity index (χ1) is 16.8. The maximum Gasteiger partial charge on any atom is 0.266 e. The van der Waals surface area contributed by atoms with Crippen molar-refractivity contribution in [3.8, 4) is 23.3 Å². The van der Waals surface area contributed by atoms with E-state index in [-0.39, 0.29) is 12.2 Å². The molecule has 0 spiro atoms. The van der Waals surface area contributed by atoms with Crippen molar-refractivity contribution in [3.63, 3.8) is 0 Å². The number of hydrogen-bond donors (Lipinski definition) is 1. The van der Waals surface area contributed by atoms with Gasteiger partial charge in [-0.25, -0.2) is 0 Å². The molecule has 0 atom stereocenters. The molecular formula is C26H21Cl2IN2O4. The number of benzene rings is 3. The van der Waals surface area contributed by atoms with E-state index in [0.717, 1.165) is 9.13 Å². The smallest absolute Gasteiger partial charge is 0.266 e. The zero-order valence-electron chi connectivity index (χ0n) is 18.9. The number of ether oxygens (including phenoxy) is 3. The molecular weight excluding hydrogens is 602 g/mol. The van der Waals surface area contributed by atoms with E-state index >= 15 is 0 Å². The summed E-state index contributed by atoms with van der Waals surface area (Å²) in [5.74, 6) is 1.22. The molecule has 6 nitrogen and oxygen atoms in total. The minimum Gasteiger partial charge on any atom is -0.492 e. The van der Waals surface area contributed by atoms with Gasteiger partial charge < -0.3 is 19.5 Å². The number of carbonyl (C=O) groups is 1. The third kappa shape index (κ3) is 7.28. The van der Waals surface area contributed by atoms with Gasteiger partial charge in [-0.15, -0.1) is 0 Å². The number of halogens is 3. The summed E-state index contributed by atoms with van der Waals surface area (Å²) >= 11 is 14.2. The first-order valence-electron chi connectivity index (χ1n) is 10.4. The highest BCUT2D eigenvalue weighted by atomic mass is 127. The Labute approximate surface area is 227 Å². The van der Waals surface area contributed by atoms with Crippen molar-refractivity contribution in [2.24, 2.45) is 0 Å². The Kier molecular flexibility index (Phi) is 9.66. The number of nitrogens with zero attached hydrogens (tertiary/aromatic N) is 1. The van der Waals surface area contributed by atoms with Crippen LogP contribution in [0.25, 0.3) is 6.08 Å². The normalized spacial score (nSPS) is 10.9. The molecule has 0 bridgehead atoms. The number of hydrogen-bond acceptors (Lipinski definition) is 5. The highest BCUT2D eigenvalue weighted by molar-refractivity contribution is 14.1. The van der Waals surface area contributed by atoms with Crippen LogP contribution in [0.4, 0.5) is 5.69 Å². The monoisotopic (exact) mass is 622 g/mol. The molecule has 0 saturated carbocycles. The minimum atomic E-state index is -0.530. The number of methoxy groups -OCH3 is 1. The Morgan fingerprint density at radius 2 is 1.86 bits per heavy atom. The van der Waals surface area contributed by atoms with Crippen molar-refractivity contribution < 1.29 is 19.0 Å². The van der Waals surface area contributed by atoms with Crippen molar-refractivity contribution in [2.75, 3.05) is 19.0 Å². The second-order valence-corrected chi connectivity index (χ2v) is 9.15. The van der Waals surface area contributed by atoms with Gasteiger partial charge in [0, 0.05) is 21.3 Å². The van der Waals surface area contributed by atoms with Crippen molar-refractivity contribution in [2.45, 2.75) is 13.5 Å². The van der Waals surface area contributed by atoms with Crippen LogP contribution in [0.3, 0.4) is 0 Å². The van der Waals surface area contributed by atoms with Crippen molar-refractivity contribution in [1.29, 1.82) is 5.26 Å². The molecule has 0 fully saturated rings. The Bertz CT molecular complexity index is 1290. The summed E-state index contributed by atoms with van der Waals surface area (Å²) in [5, 5.41) is 13.4. The van der Waals surface area contributed by atoms with E-state index in [9.17, 15) is 10.1 Å². The number of amides is 1. The lowest BCUT2D eigenvalue weighted by molar-refractivity contribution is -0.112. The number of carbonyl (C=O) groups excluding carboxylic acids is 1. The van der Waals surface area contributed by atoms with Crippen LogP contribution in [0, 0.1) is 14.9 Å². The molecule has 0 radical (unpaired) electrons. The van der Waals surface area contributed by atoms with Gasteiger partial charge in [-0.05, 0) is 89.7 Å². The van der Waals surface area contributed by atoms with Crippen molar-refractivity contribution in [1.82, 2.24) is 0 Å². The fraction of sp³-hybridized carbons (Fsp3) is 0.154.